The van der Waals surface area contributed by atoms with Gasteiger partial charge in [-0.3, -0.25) is 0 Å². The van der Waals surface area contributed by atoms with Crippen LogP contribution in [0.1, 0.15) is 26.2 Å². The number of piperidine rings is 1. The molecular formula is C9H18FNO. The summed E-state index contributed by atoms with van der Waals surface area (Å²) in [6, 6.07) is 0. The number of halogens is 1. The SMILES string of the molecule is CC1(F)CCN(CCCO)CC1. The Morgan fingerprint density at radius 2 is 2.00 bits per heavy atom. The van der Waals surface area contributed by atoms with Gasteiger partial charge >= 0.3 is 0 Å². The van der Waals surface area contributed by atoms with Crippen LogP contribution in [-0.2, 0) is 0 Å². The molecule has 0 atom stereocenters. The number of hydrogen-bond donors (Lipinski definition) is 1. The molecule has 1 rings (SSSR count). The second-order valence-corrected chi connectivity index (χ2v) is 3.83. The molecule has 0 bridgehead atoms. The largest absolute Gasteiger partial charge is 0.396 e. The summed E-state index contributed by atoms with van der Waals surface area (Å²) in [5.74, 6) is 0. The topological polar surface area (TPSA) is 23.5 Å². The Morgan fingerprint density at radius 3 is 2.50 bits per heavy atom. The molecule has 72 valence electrons. The van der Waals surface area contributed by atoms with E-state index in [1.54, 1.807) is 6.92 Å². The molecule has 0 unspecified atom stereocenters. The fourth-order valence-electron chi connectivity index (χ4n) is 1.54. The van der Waals surface area contributed by atoms with Crippen LogP contribution in [0.5, 0.6) is 0 Å². The fraction of sp³-hybridized carbons (Fsp3) is 1.00. The first kappa shape index (κ1) is 9.93. The molecule has 0 amide bonds. The zero-order valence-electron chi connectivity index (χ0n) is 7.72. The molecule has 0 saturated carbocycles. The predicted molar refractivity (Wildman–Crippen MR) is 46.9 cm³/mol. The molecule has 1 aliphatic rings. The molecule has 1 heterocycles. The summed E-state index contributed by atoms with van der Waals surface area (Å²) in [5, 5.41) is 8.60. The van der Waals surface area contributed by atoms with Gasteiger partial charge in [-0.1, -0.05) is 0 Å². The van der Waals surface area contributed by atoms with Crippen molar-refractivity contribution in [1.29, 1.82) is 0 Å². The summed E-state index contributed by atoms with van der Waals surface area (Å²) < 4.78 is 13.3. The molecule has 2 nitrogen and oxygen atoms in total. The summed E-state index contributed by atoms with van der Waals surface area (Å²) in [6.45, 7) is 4.51. The molecule has 0 aromatic rings. The minimum absolute atomic E-state index is 0.239. The highest BCUT2D eigenvalue weighted by molar-refractivity contribution is 4.81. The number of likely N-dealkylation sites (tertiary alicyclic amines) is 1. The van der Waals surface area contributed by atoms with E-state index in [9.17, 15) is 4.39 Å². The molecule has 0 aromatic carbocycles. The maximum absolute atomic E-state index is 13.3. The van der Waals surface area contributed by atoms with Gasteiger partial charge in [-0.05, 0) is 26.2 Å². The summed E-state index contributed by atoms with van der Waals surface area (Å²) in [5.41, 5.74) is -0.949. The molecule has 3 heteroatoms. The highest BCUT2D eigenvalue weighted by Crippen LogP contribution is 2.25. The highest BCUT2D eigenvalue weighted by Gasteiger charge is 2.28. The van der Waals surface area contributed by atoms with Gasteiger partial charge in [0.1, 0.15) is 5.67 Å². The van der Waals surface area contributed by atoms with Gasteiger partial charge in [-0.25, -0.2) is 4.39 Å². The average Bonchev–Trinajstić information content (AvgIpc) is 2.03. The van der Waals surface area contributed by atoms with Crippen LogP contribution in [0.2, 0.25) is 0 Å². The molecule has 0 aliphatic carbocycles. The van der Waals surface area contributed by atoms with Gasteiger partial charge in [0.15, 0.2) is 0 Å². The zero-order chi connectivity index (χ0) is 9.03. The first-order chi connectivity index (χ1) is 5.64. The third-order valence-electron chi connectivity index (χ3n) is 2.53. The molecule has 1 N–H and O–H groups in total. The lowest BCUT2D eigenvalue weighted by molar-refractivity contribution is 0.0709. The van der Waals surface area contributed by atoms with Crippen molar-refractivity contribution in [3.63, 3.8) is 0 Å². The van der Waals surface area contributed by atoms with Crippen LogP contribution in [0.15, 0.2) is 0 Å². The van der Waals surface area contributed by atoms with Crippen molar-refractivity contribution in [3.05, 3.63) is 0 Å². The normalized spacial score (nSPS) is 24.2. The maximum Gasteiger partial charge on any atom is 0.110 e. The average molecular weight is 175 g/mol. The monoisotopic (exact) mass is 175 g/mol. The third-order valence-corrected chi connectivity index (χ3v) is 2.53. The molecule has 1 fully saturated rings. The van der Waals surface area contributed by atoms with Crippen LogP contribution in [0.3, 0.4) is 0 Å². The van der Waals surface area contributed by atoms with Crippen molar-refractivity contribution in [2.75, 3.05) is 26.2 Å². The molecule has 0 radical (unpaired) electrons. The van der Waals surface area contributed by atoms with Gasteiger partial charge in [0, 0.05) is 26.2 Å². The summed E-state index contributed by atoms with van der Waals surface area (Å²) in [6.07, 6.45) is 2.08. The van der Waals surface area contributed by atoms with E-state index in [-0.39, 0.29) is 6.61 Å². The second kappa shape index (κ2) is 4.19. The Balaban J connectivity index is 2.18. The number of hydrogen-bond acceptors (Lipinski definition) is 2. The lowest BCUT2D eigenvalue weighted by atomic mass is 9.96. The molecule has 12 heavy (non-hydrogen) atoms. The van der Waals surface area contributed by atoms with E-state index in [1.165, 1.54) is 0 Å². The van der Waals surface area contributed by atoms with Crippen LogP contribution in [0.4, 0.5) is 4.39 Å². The summed E-state index contributed by atoms with van der Waals surface area (Å²) in [7, 11) is 0. The van der Waals surface area contributed by atoms with Gasteiger partial charge in [-0.2, -0.15) is 0 Å². The molecule has 0 spiro atoms. The zero-order valence-corrected chi connectivity index (χ0v) is 7.72. The van der Waals surface area contributed by atoms with Crippen LogP contribution >= 0.6 is 0 Å². The fourth-order valence-corrected chi connectivity index (χ4v) is 1.54. The van der Waals surface area contributed by atoms with Crippen molar-refractivity contribution in [1.82, 2.24) is 4.90 Å². The number of alkyl halides is 1. The van der Waals surface area contributed by atoms with Gasteiger partial charge in [-0.15, -0.1) is 0 Å². The Hall–Kier alpha value is -0.150. The van der Waals surface area contributed by atoms with Gasteiger partial charge in [0.05, 0.1) is 0 Å². The van der Waals surface area contributed by atoms with E-state index in [0.717, 1.165) is 26.1 Å². The Bertz CT molecular complexity index is 128. The molecule has 0 aromatic heterocycles. The first-order valence-electron chi connectivity index (χ1n) is 4.66. The Kier molecular flexibility index (Phi) is 3.47. The quantitative estimate of drug-likeness (QED) is 0.696. The molecule has 1 aliphatic heterocycles. The standard InChI is InChI=1S/C9H18FNO/c1-9(10)3-6-11(7-4-9)5-2-8-12/h12H,2-8H2,1H3. The minimum atomic E-state index is -0.949. The van der Waals surface area contributed by atoms with Crippen LogP contribution < -0.4 is 0 Å². The Morgan fingerprint density at radius 1 is 1.42 bits per heavy atom. The lowest BCUT2D eigenvalue weighted by Gasteiger charge is -2.33. The van der Waals surface area contributed by atoms with E-state index in [4.69, 9.17) is 5.11 Å². The van der Waals surface area contributed by atoms with Crippen molar-refractivity contribution in [2.24, 2.45) is 0 Å². The minimum Gasteiger partial charge on any atom is -0.396 e. The van der Waals surface area contributed by atoms with Gasteiger partial charge in [0.2, 0.25) is 0 Å². The van der Waals surface area contributed by atoms with E-state index in [0.29, 0.717) is 12.8 Å². The van der Waals surface area contributed by atoms with Crippen LogP contribution in [0, 0.1) is 0 Å². The van der Waals surface area contributed by atoms with Gasteiger partial charge < -0.3 is 10.0 Å². The van der Waals surface area contributed by atoms with E-state index < -0.39 is 5.67 Å². The van der Waals surface area contributed by atoms with Crippen molar-refractivity contribution < 1.29 is 9.50 Å². The Labute approximate surface area is 73.4 Å². The number of nitrogens with zero attached hydrogens (tertiary/aromatic N) is 1. The maximum atomic E-state index is 13.3. The van der Waals surface area contributed by atoms with Crippen molar-refractivity contribution in [2.45, 2.75) is 31.9 Å². The summed E-state index contributed by atoms with van der Waals surface area (Å²) >= 11 is 0. The molecular weight excluding hydrogens is 157 g/mol. The third kappa shape index (κ3) is 3.07. The highest BCUT2D eigenvalue weighted by atomic mass is 19.1. The van der Waals surface area contributed by atoms with E-state index in [1.807, 2.05) is 0 Å². The smallest absolute Gasteiger partial charge is 0.110 e. The molecule has 1 saturated heterocycles. The van der Waals surface area contributed by atoms with E-state index >= 15 is 0 Å². The van der Waals surface area contributed by atoms with Crippen molar-refractivity contribution in [3.8, 4) is 0 Å². The van der Waals surface area contributed by atoms with Crippen molar-refractivity contribution >= 4 is 0 Å². The lowest BCUT2D eigenvalue weighted by Crippen LogP contribution is -2.40. The number of aliphatic hydroxyl groups excluding tert-OH is 1. The number of aliphatic hydroxyl groups is 1. The second-order valence-electron chi connectivity index (χ2n) is 3.83. The first-order valence-corrected chi connectivity index (χ1v) is 4.66. The van der Waals surface area contributed by atoms with Crippen LogP contribution in [0.25, 0.3) is 0 Å². The van der Waals surface area contributed by atoms with E-state index in [2.05, 4.69) is 4.90 Å². The van der Waals surface area contributed by atoms with Gasteiger partial charge in [0.25, 0.3) is 0 Å². The summed E-state index contributed by atoms with van der Waals surface area (Å²) in [4.78, 5) is 2.22. The van der Waals surface area contributed by atoms with Crippen LogP contribution in [-0.4, -0.2) is 41.9 Å². The predicted octanol–water partition coefficient (Wildman–Crippen LogP) is 1.19. The number of rotatable bonds is 3.